The molecule has 0 saturated heterocycles. The van der Waals surface area contributed by atoms with E-state index in [0.717, 1.165) is 16.8 Å². The minimum absolute atomic E-state index is 0.00827. The van der Waals surface area contributed by atoms with Gasteiger partial charge in [0.25, 0.3) is 0 Å². The van der Waals surface area contributed by atoms with Gasteiger partial charge in [0.2, 0.25) is 5.91 Å². The molecular formula is C14H17NO2S. The van der Waals surface area contributed by atoms with Crippen LogP contribution in [-0.2, 0) is 4.79 Å². The normalized spacial score (nSPS) is 9.50. The van der Waals surface area contributed by atoms with E-state index in [1.54, 1.807) is 0 Å². The van der Waals surface area contributed by atoms with Crippen molar-refractivity contribution in [3.05, 3.63) is 29.3 Å². The molecule has 1 amide bonds. The molecule has 2 N–H and O–H groups in total. The largest absolute Gasteiger partial charge is 0.395 e. The first-order chi connectivity index (χ1) is 8.67. The molecule has 0 unspecified atom stereocenters. The molecule has 0 fully saturated rings. The number of benzene rings is 1. The Balaban J connectivity index is 2.82. The van der Waals surface area contributed by atoms with Gasteiger partial charge in [-0.25, -0.2) is 0 Å². The maximum absolute atomic E-state index is 11.5. The average molecular weight is 263 g/mol. The van der Waals surface area contributed by atoms with Crippen LogP contribution < -0.4 is 5.32 Å². The van der Waals surface area contributed by atoms with Crippen LogP contribution in [0.5, 0.6) is 0 Å². The molecule has 0 spiro atoms. The molecule has 0 aliphatic rings. The van der Waals surface area contributed by atoms with Gasteiger partial charge >= 0.3 is 0 Å². The molecule has 0 bridgehead atoms. The SMILES string of the molecule is CSCC(=O)Nc1cc(C#CCCO)ccc1C. The van der Waals surface area contributed by atoms with Gasteiger partial charge in [-0.1, -0.05) is 17.9 Å². The van der Waals surface area contributed by atoms with Crippen LogP contribution in [0.4, 0.5) is 5.69 Å². The zero-order valence-electron chi connectivity index (χ0n) is 10.6. The number of anilines is 1. The van der Waals surface area contributed by atoms with E-state index in [1.165, 1.54) is 11.8 Å². The zero-order chi connectivity index (χ0) is 13.4. The highest BCUT2D eigenvalue weighted by Gasteiger charge is 2.04. The third kappa shape index (κ3) is 4.82. The Morgan fingerprint density at radius 3 is 2.94 bits per heavy atom. The van der Waals surface area contributed by atoms with Crippen molar-refractivity contribution < 1.29 is 9.90 Å². The molecule has 0 aliphatic heterocycles. The van der Waals surface area contributed by atoms with Crippen molar-refractivity contribution in [3.63, 3.8) is 0 Å². The minimum atomic E-state index is -0.00827. The molecule has 1 rings (SSSR count). The molecule has 0 saturated carbocycles. The van der Waals surface area contributed by atoms with E-state index in [-0.39, 0.29) is 12.5 Å². The lowest BCUT2D eigenvalue weighted by molar-refractivity contribution is -0.113. The quantitative estimate of drug-likeness (QED) is 0.817. The number of carbonyl (C=O) groups is 1. The number of rotatable bonds is 4. The molecular weight excluding hydrogens is 246 g/mol. The number of nitrogens with one attached hydrogen (secondary N) is 1. The van der Waals surface area contributed by atoms with Crippen LogP contribution in [0.25, 0.3) is 0 Å². The van der Waals surface area contributed by atoms with Gasteiger partial charge in [0.05, 0.1) is 12.4 Å². The summed E-state index contributed by atoms with van der Waals surface area (Å²) in [5, 5.41) is 11.5. The zero-order valence-corrected chi connectivity index (χ0v) is 11.4. The molecule has 0 heterocycles. The van der Waals surface area contributed by atoms with Gasteiger partial charge in [-0.2, -0.15) is 11.8 Å². The highest BCUT2D eigenvalue weighted by Crippen LogP contribution is 2.16. The predicted octanol–water partition coefficient (Wildman–Crippen LogP) is 2.03. The minimum Gasteiger partial charge on any atom is -0.395 e. The van der Waals surface area contributed by atoms with Crippen LogP contribution in [0, 0.1) is 18.8 Å². The standard InChI is InChI=1S/C14H17NO2S/c1-11-6-7-12(5-3-4-8-16)9-13(11)15-14(17)10-18-2/h6-7,9,16H,4,8,10H2,1-2H3,(H,15,17). The molecule has 18 heavy (non-hydrogen) atoms. The van der Waals surface area contributed by atoms with Crippen LogP contribution >= 0.6 is 11.8 Å². The molecule has 1 aromatic rings. The van der Waals surface area contributed by atoms with Gasteiger partial charge in [-0.15, -0.1) is 0 Å². The fraction of sp³-hybridized carbons (Fsp3) is 0.357. The monoisotopic (exact) mass is 263 g/mol. The van der Waals surface area contributed by atoms with Crippen LogP contribution in [0.2, 0.25) is 0 Å². The maximum atomic E-state index is 11.5. The molecule has 0 radical (unpaired) electrons. The van der Waals surface area contributed by atoms with Gasteiger partial charge in [0.1, 0.15) is 0 Å². The lowest BCUT2D eigenvalue weighted by Gasteiger charge is -2.08. The Hall–Kier alpha value is -1.44. The fourth-order valence-electron chi connectivity index (χ4n) is 1.37. The third-order valence-corrected chi connectivity index (χ3v) is 2.81. The van der Waals surface area contributed by atoms with Crippen LogP contribution in [0.1, 0.15) is 17.5 Å². The van der Waals surface area contributed by atoms with E-state index in [1.807, 2.05) is 31.4 Å². The highest BCUT2D eigenvalue weighted by atomic mass is 32.2. The van der Waals surface area contributed by atoms with E-state index in [4.69, 9.17) is 5.11 Å². The van der Waals surface area contributed by atoms with E-state index < -0.39 is 0 Å². The fourth-order valence-corrected chi connectivity index (χ4v) is 1.71. The highest BCUT2D eigenvalue weighted by molar-refractivity contribution is 7.99. The molecule has 3 nitrogen and oxygen atoms in total. The van der Waals surface area contributed by atoms with Gasteiger partial charge in [-0.05, 0) is 30.9 Å². The number of hydrogen-bond donors (Lipinski definition) is 2. The van der Waals surface area contributed by atoms with Crippen molar-refractivity contribution in [2.24, 2.45) is 0 Å². The summed E-state index contributed by atoms with van der Waals surface area (Å²) < 4.78 is 0. The van der Waals surface area contributed by atoms with E-state index in [2.05, 4.69) is 17.2 Å². The van der Waals surface area contributed by atoms with Gasteiger partial charge in [-0.3, -0.25) is 4.79 Å². The topological polar surface area (TPSA) is 49.3 Å². The summed E-state index contributed by atoms with van der Waals surface area (Å²) in [5.74, 6) is 6.25. The Labute approximate surface area is 112 Å². The summed E-state index contributed by atoms with van der Waals surface area (Å²) in [6.07, 6.45) is 2.35. The van der Waals surface area contributed by atoms with Crippen molar-refractivity contribution in [2.75, 3.05) is 23.9 Å². The van der Waals surface area contributed by atoms with Crippen LogP contribution in [-0.4, -0.2) is 29.6 Å². The average Bonchev–Trinajstić information content (AvgIpc) is 2.34. The first-order valence-electron chi connectivity index (χ1n) is 5.66. The third-order valence-electron chi connectivity index (χ3n) is 2.26. The van der Waals surface area contributed by atoms with E-state index in [0.29, 0.717) is 12.2 Å². The van der Waals surface area contributed by atoms with E-state index in [9.17, 15) is 4.79 Å². The summed E-state index contributed by atoms with van der Waals surface area (Å²) in [7, 11) is 0. The summed E-state index contributed by atoms with van der Waals surface area (Å²) in [4.78, 5) is 11.5. The number of carbonyl (C=O) groups excluding carboxylic acids is 1. The number of thioether (sulfide) groups is 1. The molecule has 0 atom stereocenters. The Morgan fingerprint density at radius 1 is 1.50 bits per heavy atom. The second kappa shape index (κ2) is 7.80. The maximum Gasteiger partial charge on any atom is 0.234 e. The molecule has 4 heteroatoms. The number of amides is 1. The summed E-state index contributed by atoms with van der Waals surface area (Å²) in [5.41, 5.74) is 2.65. The Kier molecular flexibility index (Phi) is 6.34. The van der Waals surface area contributed by atoms with Gasteiger partial charge in [0.15, 0.2) is 0 Å². The first kappa shape index (κ1) is 14.6. The summed E-state index contributed by atoms with van der Waals surface area (Å²) in [6, 6.07) is 5.69. The van der Waals surface area contributed by atoms with E-state index >= 15 is 0 Å². The number of aryl methyl sites for hydroxylation is 1. The van der Waals surface area contributed by atoms with Crippen LogP contribution in [0.15, 0.2) is 18.2 Å². The lowest BCUT2D eigenvalue weighted by atomic mass is 10.1. The second-order valence-electron chi connectivity index (χ2n) is 3.79. The first-order valence-corrected chi connectivity index (χ1v) is 7.06. The van der Waals surface area contributed by atoms with Crippen molar-refractivity contribution >= 4 is 23.4 Å². The van der Waals surface area contributed by atoms with Gasteiger partial charge < -0.3 is 10.4 Å². The summed E-state index contributed by atoms with van der Waals surface area (Å²) in [6.45, 7) is 2.01. The summed E-state index contributed by atoms with van der Waals surface area (Å²) >= 11 is 1.49. The van der Waals surface area contributed by atoms with Crippen molar-refractivity contribution in [1.29, 1.82) is 0 Å². The number of hydrogen-bond acceptors (Lipinski definition) is 3. The Bertz CT molecular complexity index is 474. The second-order valence-corrected chi connectivity index (χ2v) is 4.65. The van der Waals surface area contributed by atoms with Crippen LogP contribution in [0.3, 0.4) is 0 Å². The number of aliphatic hydroxyl groups excluding tert-OH is 1. The molecule has 0 aromatic heterocycles. The Morgan fingerprint density at radius 2 is 2.28 bits per heavy atom. The smallest absolute Gasteiger partial charge is 0.234 e. The number of aliphatic hydroxyl groups is 1. The van der Waals surface area contributed by atoms with Gasteiger partial charge in [0, 0.05) is 17.7 Å². The predicted molar refractivity (Wildman–Crippen MR) is 76.8 cm³/mol. The lowest BCUT2D eigenvalue weighted by Crippen LogP contribution is -2.14. The molecule has 1 aromatic carbocycles. The van der Waals surface area contributed by atoms with Crippen molar-refractivity contribution in [3.8, 4) is 11.8 Å². The molecule has 0 aliphatic carbocycles. The van der Waals surface area contributed by atoms with Crippen molar-refractivity contribution in [1.82, 2.24) is 0 Å². The van der Waals surface area contributed by atoms with Crippen molar-refractivity contribution in [2.45, 2.75) is 13.3 Å². The molecule has 96 valence electrons.